The number of aromatic nitrogens is 2. The molecule has 3 aromatic heterocycles. The summed E-state index contributed by atoms with van der Waals surface area (Å²) in [6, 6.07) is 47.4. The first-order chi connectivity index (χ1) is 26.2. The van der Waals surface area contributed by atoms with E-state index in [1.165, 1.54) is 42.6 Å². The number of fused-ring (bicyclic) bond motifs is 3. The molecule has 0 N–H and O–H groups in total. The van der Waals surface area contributed by atoms with Crippen LogP contribution in [0.25, 0.3) is 53.8 Å². The Morgan fingerprint density at radius 3 is 2.24 bits per heavy atom. The van der Waals surface area contributed by atoms with Gasteiger partial charge in [0.2, 0.25) is 0 Å². The van der Waals surface area contributed by atoms with Crippen LogP contribution >= 0.6 is 11.3 Å². The molecule has 5 aromatic carbocycles. The van der Waals surface area contributed by atoms with E-state index in [4.69, 9.17) is 6.85 Å². The summed E-state index contributed by atoms with van der Waals surface area (Å²) in [5, 5.41) is 2.39. The van der Waals surface area contributed by atoms with Gasteiger partial charge in [0.15, 0.2) is 0 Å². The molecule has 0 bridgehead atoms. The number of pyridine rings is 2. The maximum atomic E-state index is 8.75. The van der Waals surface area contributed by atoms with E-state index in [0.717, 1.165) is 27.2 Å². The van der Waals surface area contributed by atoms with E-state index < -0.39 is 26.5 Å². The first kappa shape index (κ1) is 30.4. The molecule has 2 nitrogen and oxygen atoms in total. The minimum absolute atomic E-state index is 0. The summed E-state index contributed by atoms with van der Waals surface area (Å²) in [6.07, 6.45) is 2.06. The molecule has 0 saturated heterocycles. The van der Waals surface area contributed by atoms with E-state index in [-0.39, 0.29) is 20.1 Å². The molecule has 1 radical (unpaired) electrons. The van der Waals surface area contributed by atoms with Crippen molar-refractivity contribution in [2.45, 2.75) is 37.4 Å². The molecular weight excluding hydrogens is 877 g/mol. The van der Waals surface area contributed by atoms with E-state index in [1.807, 2.05) is 54.7 Å². The zero-order valence-corrected chi connectivity index (χ0v) is 34.2. The molecular formula is C46H40GeIrN2S-2. The maximum absolute atomic E-state index is 8.75. The van der Waals surface area contributed by atoms with Crippen LogP contribution in [0.5, 0.6) is 0 Å². The predicted octanol–water partition coefficient (Wildman–Crippen LogP) is 11.9. The maximum Gasteiger partial charge on any atom is 0.0365 e. The van der Waals surface area contributed by atoms with Crippen molar-refractivity contribution in [1.29, 1.82) is 0 Å². The molecule has 0 aliphatic rings. The number of aryl methyl sites for hydroxylation is 2. The summed E-state index contributed by atoms with van der Waals surface area (Å²) >= 11 is -0.151. The Kier molecular flexibility index (Phi) is 9.55. The summed E-state index contributed by atoms with van der Waals surface area (Å²) < 4.78 is 43.4. The van der Waals surface area contributed by atoms with Crippen LogP contribution in [0.3, 0.4) is 0 Å². The minimum Gasteiger partial charge on any atom is -0.305 e. The third-order valence-electron chi connectivity index (χ3n) is 8.63. The Bertz CT molecular complexity index is 2600. The van der Waals surface area contributed by atoms with Crippen LogP contribution in [0.15, 0.2) is 140 Å². The van der Waals surface area contributed by atoms with Crippen LogP contribution in [0, 0.1) is 25.9 Å². The van der Waals surface area contributed by atoms with Crippen LogP contribution < -0.4 is 4.40 Å². The summed E-state index contributed by atoms with van der Waals surface area (Å²) in [5.74, 6) is 7.04. The zero-order valence-electron chi connectivity index (χ0n) is 33.9. The van der Waals surface area contributed by atoms with Gasteiger partial charge in [-0.2, -0.15) is 11.3 Å². The van der Waals surface area contributed by atoms with Crippen LogP contribution in [-0.2, 0) is 26.5 Å². The van der Waals surface area contributed by atoms with Crippen LogP contribution in [0.1, 0.15) is 29.1 Å². The number of thiophene rings is 1. The zero-order chi connectivity index (χ0) is 39.0. The summed E-state index contributed by atoms with van der Waals surface area (Å²) in [7, 11) is 0. The Hall–Kier alpha value is -4.19. The topological polar surface area (TPSA) is 25.8 Å². The molecule has 0 aliphatic heterocycles. The van der Waals surface area contributed by atoms with Crippen molar-refractivity contribution in [3.05, 3.63) is 174 Å². The van der Waals surface area contributed by atoms with Crippen LogP contribution in [0.4, 0.5) is 0 Å². The van der Waals surface area contributed by atoms with Crippen molar-refractivity contribution < 1.29 is 27.0 Å². The number of nitrogens with zero attached hydrogens (tertiary/aromatic N) is 2. The molecule has 3 heterocycles. The normalized spacial score (nSPS) is 13.1. The summed E-state index contributed by atoms with van der Waals surface area (Å²) in [6.45, 7) is 0.0375. The van der Waals surface area contributed by atoms with Crippen molar-refractivity contribution in [3.8, 4) is 33.6 Å². The molecule has 0 amide bonds. The second kappa shape index (κ2) is 16.0. The van der Waals surface area contributed by atoms with Gasteiger partial charge in [0, 0.05) is 33.7 Å². The van der Waals surface area contributed by atoms with Crippen molar-refractivity contribution in [3.63, 3.8) is 0 Å². The predicted molar refractivity (Wildman–Crippen MR) is 217 cm³/mol. The van der Waals surface area contributed by atoms with Gasteiger partial charge in [-0.25, -0.2) is 0 Å². The molecule has 0 atom stereocenters. The van der Waals surface area contributed by atoms with E-state index in [2.05, 4.69) is 101 Å². The number of hydrogen-bond acceptors (Lipinski definition) is 3. The van der Waals surface area contributed by atoms with Gasteiger partial charge in [0.1, 0.15) is 0 Å². The Labute approximate surface area is 329 Å². The average molecular weight is 923 g/mol. The molecule has 0 spiro atoms. The Morgan fingerprint density at radius 2 is 1.53 bits per heavy atom. The van der Waals surface area contributed by atoms with Gasteiger partial charge < -0.3 is 4.98 Å². The third-order valence-corrected chi connectivity index (χ3v) is 14.3. The Balaban J connectivity index is 0.000000209. The van der Waals surface area contributed by atoms with Gasteiger partial charge in [-0.15, -0.1) is 23.8 Å². The average Bonchev–Trinajstić information content (AvgIpc) is 3.56. The third kappa shape index (κ3) is 8.48. The molecule has 0 saturated carbocycles. The largest absolute Gasteiger partial charge is 0.305 e. The molecule has 5 heteroatoms. The number of hydrogen-bond donors (Lipinski definition) is 0. The fourth-order valence-corrected chi connectivity index (χ4v) is 11.0. The molecule has 0 aliphatic carbocycles. The quantitative estimate of drug-likeness (QED) is 0.123. The van der Waals surface area contributed by atoms with E-state index in [1.54, 1.807) is 35.7 Å². The summed E-state index contributed by atoms with van der Waals surface area (Å²) in [5.41, 5.74) is 8.51. The van der Waals surface area contributed by atoms with Gasteiger partial charge in [0.25, 0.3) is 0 Å². The number of benzene rings is 5. The van der Waals surface area contributed by atoms with Crippen LogP contribution in [0.2, 0.25) is 17.3 Å². The monoisotopic (exact) mass is 924 g/mol. The minimum atomic E-state index is -2.08. The van der Waals surface area contributed by atoms with Gasteiger partial charge in [-0.3, -0.25) is 0 Å². The van der Waals surface area contributed by atoms with Crippen molar-refractivity contribution in [2.75, 3.05) is 0 Å². The smallest absolute Gasteiger partial charge is 0.0365 e. The van der Waals surface area contributed by atoms with Gasteiger partial charge in [-0.05, 0) is 56.5 Å². The van der Waals surface area contributed by atoms with E-state index in [9.17, 15) is 0 Å². The molecule has 8 aromatic rings. The SMILES string of the molecule is [2H]C([2H])([2H])c1c[c-]c(-c2cc(C)[c]([Ge]([CH3])([CH3])[CH3])cn2)cc1.[2H]C([2H])(c1ccccc1)c1ccnc(-c2[c-]ccc3c2sc2cc(-c4ccccc4)ccc23)c1.[Ir]. The first-order valence-electron chi connectivity index (χ1n) is 19.1. The second-order valence-electron chi connectivity index (χ2n) is 13.3. The first-order valence-corrected chi connectivity index (χ1v) is 24.8. The fourth-order valence-electron chi connectivity index (χ4n) is 6.15. The molecule has 0 fully saturated rings. The number of rotatable bonds is 6. The van der Waals surface area contributed by atoms with Crippen LogP contribution in [-0.4, -0.2) is 23.2 Å². The van der Waals surface area contributed by atoms with Gasteiger partial charge in [0.05, 0.1) is 0 Å². The van der Waals surface area contributed by atoms with E-state index in [0.29, 0.717) is 16.7 Å². The second-order valence-corrected chi connectivity index (χ2v) is 24.9. The molecule has 0 unspecified atom stereocenters. The molecule has 8 rings (SSSR count). The van der Waals surface area contributed by atoms with Crippen molar-refractivity contribution >= 4 is 49.2 Å². The Morgan fingerprint density at radius 1 is 0.745 bits per heavy atom. The molecule has 51 heavy (non-hydrogen) atoms. The standard InChI is InChI=1S/C30H20NS.C16H20GeN.Ir/c1-3-8-21(9-4-1)18-22-16-17-31-28(19-22)27-13-7-12-26-25-15-14-24(20-29(25)32-30(26)27)23-10-5-2-6-11-23;1-12-6-8-14(9-7-12)16-10-13(2)15(11-18-16)17(3,4)5;/h1-12,14-17,19-20H,18H2;6-8,10-11H,1-5H3;/q2*-1;/i18D2;1D3;. The summed E-state index contributed by atoms with van der Waals surface area (Å²) in [4.78, 5) is 9.15. The fraction of sp³-hybridized carbons (Fsp3) is 0.130. The van der Waals surface area contributed by atoms with Crippen molar-refractivity contribution in [2.24, 2.45) is 0 Å². The van der Waals surface area contributed by atoms with Crippen molar-refractivity contribution in [1.82, 2.24) is 9.97 Å². The van der Waals surface area contributed by atoms with E-state index >= 15 is 0 Å². The van der Waals surface area contributed by atoms with Gasteiger partial charge >= 0.3 is 117 Å². The van der Waals surface area contributed by atoms with Gasteiger partial charge in [-0.1, -0.05) is 84.2 Å². The molecule has 255 valence electrons.